The van der Waals surface area contributed by atoms with Gasteiger partial charge in [-0.15, -0.1) is 0 Å². The summed E-state index contributed by atoms with van der Waals surface area (Å²) in [6.45, 7) is 0. The topological polar surface area (TPSA) is 38.3 Å². The zero-order chi connectivity index (χ0) is 14.5. The van der Waals surface area contributed by atoms with E-state index in [2.05, 4.69) is 5.32 Å². The number of benzene rings is 1. The summed E-state index contributed by atoms with van der Waals surface area (Å²) >= 11 is 5.68. The Morgan fingerprint density at radius 3 is 2.70 bits per heavy atom. The van der Waals surface area contributed by atoms with Crippen LogP contribution < -0.4 is 5.32 Å². The molecule has 0 amide bonds. The van der Waals surface area contributed by atoms with Gasteiger partial charge in [0.2, 0.25) is 0 Å². The van der Waals surface area contributed by atoms with Gasteiger partial charge in [-0.05, 0) is 30.5 Å². The smallest absolute Gasteiger partial charge is 0.327 e. The van der Waals surface area contributed by atoms with Gasteiger partial charge in [-0.25, -0.2) is 9.18 Å². The van der Waals surface area contributed by atoms with E-state index in [1.807, 2.05) is 0 Å². The van der Waals surface area contributed by atoms with Crippen LogP contribution in [0.2, 0.25) is 5.02 Å². The number of esters is 1. The number of nitrogens with one attached hydrogen (secondary N) is 1. The molecule has 1 aromatic carbocycles. The lowest BCUT2D eigenvalue weighted by atomic mass is 9.94. The van der Waals surface area contributed by atoms with Gasteiger partial charge in [0.25, 0.3) is 0 Å². The van der Waals surface area contributed by atoms with E-state index in [0.717, 1.165) is 25.7 Å². The van der Waals surface area contributed by atoms with Crippen LogP contribution in [0.3, 0.4) is 0 Å². The molecule has 0 aliphatic heterocycles. The molecule has 1 N–H and O–H groups in total. The van der Waals surface area contributed by atoms with E-state index in [9.17, 15) is 9.18 Å². The average molecular weight is 300 g/mol. The first-order valence-corrected chi connectivity index (χ1v) is 7.28. The van der Waals surface area contributed by atoms with Crippen molar-refractivity contribution in [2.24, 2.45) is 0 Å². The van der Waals surface area contributed by atoms with E-state index in [1.165, 1.54) is 25.7 Å². The Labute approximate surface area is 123 Å². The highest BCUT2D eigenvalue weighted by atomic mass is 35.5. The number of carbonyl (C=O) groups is 1. The molecular weight excluding hydrogens is 281 g/mol. The lowest BCUT2D eigenvalue weighted by Crippen LogP contribution is -2.38. The molecule has 1 aromatic rings. The summed E-state index contributed by atoms with van der Waals surface area (Å²) in [7, 11) is 1.34. The first-order valence-electron chi connectivity index (χ1n) is 6.90. The average Bonchev–Trinajstić information content (AvgIpc) is 2.48. The fourth-order valence-corrected chi connectivity index (χ4v) is 2.73. The zero-order valence-electron chi connectivity index (χ0n) is 11.5. The molecule has 0 spiro atoms. The Balaban J connectivity index is 2.17. The van der Waals surface area contributed by atoms with Crippen LogP contribution in [-0.4, -0.2) is 19.1 Å². The maximum atomic E-state index is 13.6. The molecule has 110 valence electrons. The minimum absolute atomic E-state index is 0.0510. The zero-order valence-corrected chi connectivity index (χ0v) is 12.3. The third-order valence-electron chi connectivity index (χ3n) is 3.72. The summed E-state index contributed by atoms with van der Waals surface area (Å²) in [6.07, 6.45) is 5.60. The second-order valence-corrected chi connectivity index (χ2v) is 5.54. The number of hydrogen-bond acceptors (Lipinski definition) is 3. The minimum Gasteiger partial charge on any atom is -0.468 e. The fourth-order valence-electron chi connectivity index (χ4n) is 2.62. The highest BCUT2D eigenvalue weighted by molar-refractivity contribution is 6.30. The summed E-state index contributed by atoms with van der Waals surface area (Å²) in [6, 6.07) is 4.04. The molecule has 0 aromatic heterocycles. The normalized spacial score (nSPS) is 17.8. The third kappa shape index (κ3) is 3.70. The molecule has 1 unspecified atom stereocenters. The molecule has 1 aliphatic carbocycles. The monoisotopic (exact) mass is 299 g/mol. The molecule has 1 fully saturated rings. The van der Waals surface area contributed by atoms with Crippen LogP contribution in [0.25, 0.3) is 0 Å². The van der Waals surface area contributed by atoms with Crippen LogP contribution >= 0.6 is 11.6 Å². The van der Waals surface area contributed by atoms with Crippen molar-refractivity contribution in [2.75, 3.05) is 7.11 Å². The maximum Gasteiger partial charge on any atom is 0.327 e. The largest absolute Gasteiger partial charge is 0.468 e. The van der Waals surface area contributed by atoms with Crippen LogP contribution in [0, 0.1) is 5.82 Å². The number of hydrogen-bond donors (Lipinski definition) is 1. The second-order valence-electron chi connectivity index (χ2n) is 5.13. The lowest BCUT2D eigenvalue weighted by molar-refractivity contribution is -0.143. The van der Waals surface area contributed by atoms with E-state index in [-0.39, 0.29) is 11.1 Å². The molecule has 1 saturated carbocycles. The predicted octanol–water partition coefficient (Wildman–Crippen LogP) is 3.62. The van der Waals surface area contributed by atoms with E-state index in [0.29, 0.717) is 5.56 Å². The Morgan fingerprint density at radius 2 is 2.10 bits per heavy atom. The molecule has 0 bridgehead atoms. The van der Waals surface area contributed by atoms with E-state index < -0.39 is 17.8 Å². The molecule has 5 heteroatoms. The van der Waals surface area contributed by atoms with E-state index in [1.54, 1.807) is 6.07 Å². The number of methoxy groups -OCH3 is 1. The number of carbonyl (C=O) groups excluding carboxylic acids is 1. The van der Waals surface area contributed by atoms with Gasteiger partial charge in [0.1, 0.15) is 11.9 Å². The molecule has 3 nitrogen and oxygen atoms in total. The van der Waals surface area contributed by atoms with Crippen LogP contribution in [-0.2, 0) is 9.53 Å². The van der Waals surface area contributed by atoms with Crippen molar-refractivity contribution in [1.29, 1.82) is 0 Å². The minimum atomic E-state index is -0.644. The van der Waals surface area contributed by atoms with Crippen molar-refractivity contribution in [1.82, 2.24) is 5.32 Å². The molecule has 0 radical (unpaired) electrons. The van der Waals surface area contributed by atoms with Gasteiger partial charge in [0, 0.05) is 6.04 Å². The number of ether oxygens (including phenoxy) is 1. The summed E-state index contributed by atoms with van der Waals surface area (Å²) in [5.74, 6) is -0.930. The Bertz CT molecular complexity index is 475. The first-order chi connectivity index (χ1) is 9.61. The van der Waals surface area contributed by atoms with Crippen LogP contribution in [0.5, 0.6) is 0 Å². The molecular formula is C15H19ClFNO2. The summed E-state index contributed by atoms with van der Waals surface area (Å²) in [5, 5.41) is 3.34. The lowest BCUT2D eigenvalue weighted by Gasteiger charge is -2.27. The standard InChI is InChI=1S/C15H19ClFNO2/c1-20-15(19)14(18-11-5-3-2-4-6-11)10-7-8-12(16)13(17)9-10/h7-9,11,14,18H,2-6H2,1H3. The van der Waals surface area contributed by atoms with Crippen molar-refractivity contribution in [3.63, 3.8) is 0 Å². The van der Waals surface area contributed by atoms with Crippen LogP contribution in [0.1, 0.15) is 43.7 Å². The Morgan fingerprint density at radius 1 is 1.40 bits per heavy atom. The van der Waals surface area contributed by atoms with Gasteiger partial charge >= 0.3 is 5.97 Å². The molecule has 2 rings (SSSR count). The highest BCUT2D eigenvalue weighted by Crippen LogP contribution is 2.25. The molecule has 0 heterocycles. The second kappa shape index (κ2) is 7.04. The van der Waals surface area contributed by atoms with Crippen molar-refractivity contribution in [3.8, 4) is 0 Å². The van der Waals surface area contributed by atoms with Crippen LogP contribution in [0.4, 0.5) is 4.39 Å². The molecule has 1 atom stereocenters. The summed E-state index contributed by atoms with van der Waals surface area (Å²) in [4.78, 5) is 11.9. The van der Waals surface area contributed by atoms with Crippen molar-refractivity contribution < 1.29 is 13.9 Å². The maximum absolute atomic E-state index is 13.6. The predicted molar refractivity (Wildman–Crippen MR) is 76.2 cm³/mol. The highest BCUT2D eigenvalue weighted by Gasteiger charge is 2.26. The summed E-state index contributed by atoms with van der Waals surface area (Å²) in [5.41, 5.74) is 0.546. The number of rotatable bonds is 4. The first kappa shape index (κ1) is 15.3. The summed E-state index contributed by atoms with van der Waals surface area (Å²) < 4.78 is 18.4. The Hall–Kier alpha value is -1.13. The van der Waals surface area contributed by atoms with Gasteiger partial charge < -0.3 is 4.74 Å². The van der Waals surface area contributed by atoms with E-state index >= 15 is 0 Å². The fraction of sp³-hybridized carbons (Fsp3) is 0.533. The van der Waals surface area contributed by atoms with Crippen molar-refractivity contribution in [3.05, 3.63) is 34.6 Å². The SMILES string of the molecule is COC(=O)C(NC1CCCCC1)c1ccc(Cl)c(F)c1. The van der Waals surface area contributed by atoms with Gasteiger partial charge in [0.05, 0.1) is 12.1 Å². The van der Waals surface area contributed by atoms with Gasteiger partial charge in [-0.3, -0.25) is 5.32 Å². The van der Waals surface area contributed by atoms with Crippen LogP contribution in [0.15, 0.2) is 18.2 Å². The van der Waals surface area contributed by atoms with Gasteiger partial charge in [-0.2, -0.15) is 0 Å². The third-order valence-corrected chi connectivity index (χ3v) is 4.03. The van der Waals surface area contributed by atoms with E-state index in [4.69, 9.17) is 16.3 Å². The molecule has 20 heavy (non-hydrogen) atoms. The van der Waals surface area contributed by atoms with Crippen molar-refractivity contribution in [2.45, 2.75) is 44.2 Å². The molecule has 1 aliphatic rings. The van der Waals surface area contributed by atoms with Gasteiger partial charge in [-0.1, -0.05) is 36.9 Å². The molecule has 0 saturated heterocycles. The number of halogens is 2. The van der Waals surface area contributed by atoms with Crippen molar-refractivity contribution >= 4 is 17.6 Å². The Kier molecular flexibility index (Phi) is 5.38. The van der Waals surface area contributed by atoms with Gasteiger partial charge in [0.15, 0.2) is 0 Å². The quantitative estimate of drug-likeness (QED) is 0.863.